The lowest BCUT2D eigenvalue weighted by Crippen LogP contribution is -2.39. The van der Waals surface area contributed by atoms with Crippen LogP contribution in [0.5, 0.6) is 0 Å². The molecule has 0 aromatic heterocycles. The Morgan fingerprint density at radius 3 is 2.60 bits per heavy atom. The second kappa shape index (κ2) is 3.46. The van der Waals surface area contributed by atoms with E-state index >= 15 is 0 Å². The number of carboxylic acid groups (broad SMARTS) is 1. The van der Waals surface area contributed by atoms with Crippen molar-refractivity contribution in [3.05, 3.63) is 23.8 Å². The molecule has 0 saturated carbocycles. The zero-order valence-corrected chi connectivity index (χ0v) is 8.74. The molecule has 2 rings (SSSR count). The fourth-order valence-corrected chi connectivity index (χ4v) is 1.73. The third-order valence-corrected chi connectivity index (χ3v) is 2.80. The van der Waals surface area contributed by atoms with Crippen LogP contribution in [0.15, 0.2) is 18.2 Å². The van der Waals surface area contributed by atoms with Gasteiger partial charge in [0.1, 0.15) is 0 Å². The molecule has 0 saturated heterocycles. The number of hydrogen-bond acceptors (Lipinski definition) is 3. The summed E-state index contributed by atoms with van der Waals surface area (Å²) in [5, 5.41) is 15.5. The van der Waals surface area contributed by atoms with Crippen molar-refractivity contribution in [2.45, 2.75) is 25.9 Å². The number of benzene rings is 1. The van der Waals surface area contributed by atoms with Crippen molar-refractivity contribution in [3.63, 3.8) is 0 Å². The molecule has 1 aliphatic rings. The van der Waals surface area contributed by atoms with Gasteiger partial charge < -0.3 is 15.7 Å². The van der Waals surface area contributed by atoms with E-state index in [1.54, 1.807) is 12.1 Å². The van der Waals surface area contributed by atoms with Crippen LogP contribution in [0.3, 0.4) is 0 Å². The van der Waals surface area contributed by atoms with Crippen LogP contribution in [-0.4, -0.2) is 23.2 Å². The lowest BCUT2D eigenvalue weighted by atomic mass is 10.0. The molecule has 80 valence electrons. The normalized spacial score (nSPS) is 23.6. The molecule has 4 heteroatoms. The molecule has 0 bridgehead atoms. The fourth-order valence-electron chi connectivity index (χ4n) is 1.73. The highest BCUT2D eigenvalue weighted by Gasteiger charge is 2.23. The van der Waals surface area contributed by atoms with Crippen LogP contribution in [0.2, 0.25) is 0 Å². The van der Waals surface area contributed by atoms with E-state index in [2.05, 4.69) is 17.6 Å². The van der Waals surface area contributed by atoms with Gasteiger partial charge in [-0.3, -0.25) is 0 Å². The highest BCUT2D eigenvalue weighted by Crippen LogP contribution is 2.31. The molecule has 0 spiro atoms. The molecular weight excluding hydrogens is 192 g/mol. The van der Waals surface area contributed by atoms with Gasteiger partial charge in [0.15, 0.2) is 0 Å². The van der Waals surface area contributed by atoms with E-state index < -0.39 is 5.97 Å². The predicted molar refractivity (Wildman–Crippen MR) is 59.6 cm³/mol. The largest absolute Gasteiger partial charge is 0.478 e. The quantitative estimate of drug-likeness (QED) is 0.657. The highest BCUT2D eigenvalue weighted by atomic mass is 16.4. The van der Waals surface area contributed by atoms with Gasteiger partial charge in [0.25, 0.3) is 0 Å². The number of fused-ring (bicyclic) bond motifs is 1. The number of para-hydroxylation sites is 1. The van der Waals surface area contributed by atoms with Crippen LogP contribution >= 0.6 is 0 Å². The van der Waals surface area contributed by atoms with E-state index in [1.807, 2.05) is 13.0 Å². The SMILES string of the molecule is C[C@@H]1Nc2c(cccc2C(=O)O)N[C@@H]1C. The summed E-state index contributed by atoms with van der Waals surface area (Å²) in [6.45, 7) is 4.09. The second-order valence-electron chi connectivity index (χ2n) is 3.90. The third-order valence-electron chi connectivity index (χ3n) is 2.80. The van der Waals surface area contributed by atoms with Gasteiger partial charge in [0.2, 0.25) is 0 Å². The van der Waals surface area contributed by atoms with Crippen LogP contribution in [0.4, 0.5) is 11.4 Å². The van der Waals surface area contributed by atoms with E-state index in [9.17, 15) is 4.79 Å². The van der Waals surface area contributed by atoms with E-state index in [0.29, 0.717) is 17.3 Å². The minimum Gasteiger partial charge on any atom is -0.478 e. The Morgan fingerprint density at radius 2 is 1.93 bits per heavy atom. The second-order valence-corrected chi connectivity index (χ2v) is 3.90. The Balaban J connectivity index is 2.48. The molecule has 0 aliphatic carbocycles. The van der Waals surface area contributed by atoms with Gasteiger partial charge in [0, 0.05) is 12.1 Å². The van der Waals surface area contributed by atoms with Crippen molar-refractivity contribution in [1.29, 1.82) is 0 Å². The number of hydrogen-bond donors (Lipinski definition) is 3. The molecule has 0 fully saturated rings. The molecule has 2 atom stereocenters. The standard InChI is InChI=1S/C11H14N2O2/c1-6-7(2)13-10-8(11(14)15)4-3-5-9(10)12-6/h3-7,12-13H,1-2H3,(H,14,15)/t6-,7+/m1/s1. The van der Waals surface area contributed by atoms with Gasteiger partial charge in [0.05, 0.1) is 16.9 Å². The summed E-state index contributed by atoms with van der Waals surface area (Å²) in [6, 6.07) is 5.76. The first-order valence-electron chi connectivity index (χ1n) is 4.99. The van der Waals surface area contributed by atoms with Gasteiger partial charge >= 0.3 is 5.97 Å². The number of carbonyl (C=O) groups is 1. The van der Waals surface area contributed by atoms with E-state index in [1.165, 1.54) is 0 Å². The fraction of sp³-hybridized carbons (Fsp3) is 0.364. The van der Waals surface area contributed by atoms with Crippen molar-refractivity contribution in [2.75, 3.05) is 10.6 Å². The van der Waals surface area contributed by atoms with Crippen molar-refractivity contribution < 1.29 is 9.90 Å². The summed E-state index contributed by atoms with van der Waals surface area (Å²) in [5.41, 5.74) is 1.87. The lowest BCUT2D eigenvalue weighted by Gasteiger charge is -2.32. The Bertz CT molecular complexity index is 404. The van der Waals surface area contributed by atoms with E-state index in [4.69, 9.17) is 5.11 Å². The molecule has 4 nitrogen and oxygen atoms in total. The maximum absolute atomic E-state index is 11.0. The average molecular weight is 206 g/mol. The van der Waals surface area contributed by atoms with Crippen molar-refractivity contribution in [3.8, 4) is 0 Å². The van der Waals surface area contributed by atoms with Gasteiger partial charge in [-0.05, 0) is 26.0 Å². The van der Waals surface area contributed by atoms with E-state index in [-0.39, 0.29) is 6.04 Å². The van der Waals surface area contributed by atoms with Crippen LogP contribution < -0.4 is 10.6 Å². The minimum absolute atomic E-state index is 0.220. The lowest BCUT2D eigenvalue weighted by molar-refractivity contribution is 0.0698. The predicted octanol–water partition coefficient (Wildman–Crippen LogP) is 2.00. The molecule has 1 aliphatic heterocycles. The van der Waals surface area contributed by atoms with Gasteiger partial charge in [-0.1, -0.05) is 6.07 Å². The number of nitrogens with one attached hydrogen (secondary N) is 2. The maximum atomic E-state index is 11.0. The van der Waals surface area contributed by atoms with Crippen LogP contribution in [0, 0.1) is 0 Å². The van der Waals surface area contributed by atoms with Crippen molar-refractivity contribution >= 4 is 17.3 Å². The third kappa shape index (κ3) is 1.63. The van der Waals surface area contributed by atoms with Crippen LogP contribution in [0.1, 0.15) is 24.2 Å². The summed E-state index contributed by atoms with van der Waals surface area (Å²) in [7, 11) is 0. The molecular formula is C11H14N2O2. The summed E-state index contributed by atoms with van der Waals surface area (Å²) < 4.78 is 0. The number of anilines is 2. The van der Waals surface area contributed by atoms with Crippen LogP contribution in [0.25, 0.3) is 0 Å². The summed E-state index contributed by atoms with van der Waals surface area (Å²) >= 11 is 0. The molecule has 1 aromatic rings. The molecule has 0 radical (unpaired) electrons. The van der Waals surface area contributed by atoms with Crippen molar-refractivity contribution in [1.82, 2.24) is 0 Å². The molecule has 0 amide bonds. The number of carboxylic acids is 1. The number of rotatable bonds is 1. The molecule has 0 unspecified atom stereocenters. The van der Waals surface area contributed by atoms with Gasteiger partial charge in [-0.25, -0.2) is 4.79 Å². The zero-order chi connectivity index (χ0) is 11.0. The van der Waals surface area contributed by atoms with Gasteiger partial charge in [-0.2, -0.15) is 0 Å². The topological polar surface area (TPSA) is 61.4 Å². The minimum atomic E-state index is -0.900. The summed E-state index contributed by atoms with van der Waals surface area (Å²) in [4.78, 5) is 11.0. The molecule has 3 N–H and O–H groups in total. The summed E-state index contributed by atoms with van der Waals surface area (Å²) in [6.07, 6.45) is 0. The summed E-state index contributed by atoms with van der Waals surface area (Å²) in [5.74, 6) is -0.900. The smallest absolute Gasteiger partial charge is 0.337 e. The first-order valence-corrected chi connectivity index (χ1v) is 4.99. The first kappa shape index (κ1) is 9.83. The Morgan fingerprint density at radius 1 is 1.27 bits per heavy atom. The Labute approximate surface area is 88.3 Å². The molecule has 15 heavy (non-hydrogen) atoms. The zero-order valence-electron chi connectivity index (χ0n) is 8.74. The van der Waals surface area contributed by atoms with Crippen LogP contribution in [-0.2, 0) is 0 Å². The average Bonchev–Trinajstić information content (AvgIpc) is 2.18. The number of aromatic carboxylic acids is 1. The Kier molecular flexibility index (Phi) is 2.26. The monoisotopic (exact) mass is 206 g/mol. The molecule has 1 aromatic carbocycles. The molecule has 1 heterocycles. The maximum Gasteiger partial charge on any atom is 0.337 e. The van der Waals surface area contributed by atoms with E-state index in [0.717, 1.165) is 5.69 Å². The highest BCUT2D eigenvalue weighted by molar-refractivity contribution is 5.98. The van der Waals surface area contributed by atoms with Crippen molar-refractivity contribution in [2.24, 2.45) is 0 Å². The van der Waals surface area contributed by atoms with Gasteiger partial charge in [-0.15, -0.1) is 0 Å². The first-order chi connectivity index (χ1) is 7.09. The Hall–Kier alpha value is -1.71.